The number of rotatable bonds is 4. The van der Waals surface area contributed by atoms with E-state index in [9.17, 15) is 10.1 Å². The van der Waals surface area contributed by atoms with Gasteiger partial charge in [-0.2, -0.15) is 0 Å². The molecule has 0 aliphatic heterocycles. The van der Waals surface area contributed by atoms with E-state index in [-0.39, 0.29) is 15.7 Å². The van der Waals surface area contributed by atoms with E-state index in [4.69, 9.17) is 32.7 Å². The molecule has 20 heavy (non-hydrogen) atoms. The summed E-state index contributed by atoms with van der Waals surface area (Å²) in [5.74, 6) is 1.19. The van der Waals surface area contributed by atoms with Crippen LogP contribution in [0, 0.1) is 10.1 Å². The highest BCUT2D eigenvalue weighted by atomic mass is 35.5. The number of hydrogen-bond acceptors (Lipinski definition) is 4. The fourth-order valence-corrected chi connectivity index (χ4v) is 1.94. The molecule has 5 nitrogen and oxygen atoms in total. The largest absolute Gasteiger partial charge is 0.495 e. The normalized spacial score (nSPS) is 10.2. The van der Waals surface area contributed by atoms with Gasteiger partial charge in [-0.05, 0) is 24.3 Å². The molecule has 0 atom stereocenters. The predicted octanol–water partition coefficient (Wildman–Crippen LogP) is 4.70. The topological polar surface area (TPSA) is 61.6 Å². The van der Waals surface area contributed by atoms with Gasteiger partial charge in [-0.1, -0.05) is 23.2 Å². The van der Waals surface area contributed by atoms with Crippen LogP contribution in [0.5, 0.6) is 17.2 Å². The summed E-state index contributed by atoms with van der Waals surface area (Å²) in [4.78, 5) is 10.1. The quantitative estimate of drug-likeness (QED) is 0.606. The van der Waals surface area contributed by atoms with Gasteiger partial charge in [-0.15, -0.1) is 0 Å². The molecule has 0 radical (unpaired) electrons. The number of hydrogen-bond donors (Lipinski definition) is 0. The number of nitro benzene ring substituents is 1. The molecule has 0 spiro atoms. The molecule has 0 aliphatic rings. The van der Waals surface area contributed by atoms with Crippen molar-refractivity contribution in [2.24, 2.45) is 0 Å². The van der Waals surface area contributed by atoms with Gasteiger partial charge in [0, 0.05) is 12.1 Å². The lowest BCUT2D eigenvalue weighted by Gasteiger charge is -2.10. The minimum atomic E-state index is -0.485. The third-order valence-electron chi connectivity index (χ3n) is 2.51. The van der Waals surface area contributed by atoms with Crippen molar-refractivity contribution in [1.29, 1.82) is 0 Å². The summed E-state index contributed by atoms with van der Waals surface area (Å²) in [5.41, 5.74) is -0.0174. The SMILES string of the molecule is COc1ccc(Oc2ccc([N+](=O)[O-])cc2)c(Cl)c1Cl. The summed E-state index contributed by atoms with van der Waals surface area (Å²) in [5, 5.41) is 11.0. The first kappa shape index (κ1) is 14.4. The Morgan fingerprint density at radius 3 is 2.10 bits per heavy atom. The number of nitrogens with zero attached hydrogens (tertiary/aromatic N) is 1. The molecule has 0 amide bonds. The number of benzene rings is 2. The average Bonchev–Trinajstić information content (AvgIpc) is 2.45. The second-order valence-electron chi connectivity index (χ2n) is 3.75. The van der Waals surface area contributed by atoms with Crippen LogP contribution in [-0.2, 0) is 0 Å². The number of halogens is 2. The molecule has 104 valence electrons. The average molecular weight is 314 g/mol. The zero-order chi connectivity index (χ0) is 14.7. The Labute approximate surface area is 124 Å². The molecule has 2 aromatic carbocycles. The molecule has 0 saturated heterocycles. The van der Waals surface area contributed by atoms with Crippen molar-refractivity contribution < 1.29 is 14.4 Å². The van der Waals surface area contributed by atoms with Crippen LogP contribution in [0.2, 0.25) is 10.0 Å². The van der Waals surface area contributed by atoms with Gasteiger partial charge in [-0.25, -0.2) is 0 Å². The molecular weight excluding hydrogens is 305 g/mol. The van der Waals surface area contributed by atoms with Gasteiger partial charge < -0.3 is 9.47 Å². The first-order chi connectivity index (χ1) is 9.52. The Morgan fingerprint density at radius 2 is 1.55 bits per heavy atom. The van der Waals surface area contributed by atoms with E-state index in [0.717, 1.165) is 0 Å². The van der Waals surface area contributed by atoms with Crippen molar-refractivity contribution in [1.82, 2.24) is 0 Å². The van der Waals surface area contributed by atoms with Gasteiger partial charge in [0.15, 0.2) is 0 Å². The molecule has 2 aromatic rings. The lowest BCUT2D eigenvalue weighted by Crippen LogP contribution is -1.90. The summed E-state index contributed by atoms with van der Waals surface area (Å²) in [6.45, 7) is 0. The molecule has 7 heteroatoms. The lowest BCUT2D eigenvalue weighted by atomic mass is 10.3. The second-order valence-corrected chi connectivity index (χ2v) is 4.50. The van der Waals surface area contributed by atoms with E-state index < -0.39 is 4.92 Å². The van der Waals surface area contributed by atoms with Crippen molar-refractivity contribution in [3.8, 4) is 17.2 Å². The maximum atomic E-state index is 10.6. The first-order valence-corrected chi connectivity index (χ1v) is 6.23. The van der Waals surface area contributed by atoms with Gasteiger partial charge >= 0.3 is 0 Å². The number of nitro groups is 1. The van der Waals surface area contributed by atoms with Gasteiger partial charge in [0.2, 0.25) is 0 Å². The Bertz CT molecular complexity index is 644. The third-order valence-corrected chi connectivity index (χ3v) is 3.35. The summed E-state index contributed by atoms with van der Waals surface area (Å²) in [7, 11) is 1.48. The second kappa shape index (κ2) is 5.98. The van der Waals surface area contributed by atoms with Crippen molar-refractivity contribution in [2.75, 3.05) is 7.11 Å². The number of methoxy groups -OCH3 is 1. The highest BCUT2D eigenvalue weighted by molar-refractivity contribution is 6.43. The maximum Gasteiger partial charge on any atom is 0.269 e. The summed E-state index contributed by atoms with van der Waals surface area (Å²) in [6, 6.07) is 8.87. The van der Waals surface area contributed by atoms with Crippen molar-refractivity contribution in [3.63, 3.8) is 0 Å². The predicted molar refractivity (Wildman–Crippen MR) is 76.2 cm³/mol. The maximum absolute atomic E-state index is 10.6. The lowest BCUT2D eigenvalue weighted by molar-refractivity contribution is -0.384. The fraction of sp³-hybridized carbons (Fsp3) is 0.0769. The molecule has 2 rings (SSSR count). The summed E-state index contributed by atoms with van der Waals surface area (Å²) in [6.07, 6.45) is 0. The molecule has 0 bridgehead atoms. The Kier molecular flexibility index (Phi) is 4.32. The molecule has 0 aliphatic carbocycles. The summed E-state index contributed by atoms with van der Waals surface area (Å²) < 4.78 is 10.6. The van der Waals surface area contributed by atoms with Crippen molar-refractivity contribution >= 4 is 28.9 Å². The van der Waals surface area contributed by atoms with Crippen LogP contribution in [0.4, 0.5) is 5.69 Å². The molecular formula is C13H9Cl2NO4. The minimum Gasteiger partial charge on any atom is -0.495 e. The van der Waals surface area contributed by atoms with Crippen LogP contribution in [-0.4, -0.2) is 12.0 Å². The van der Waals surface area contributed by atoms with Crippen molar-refractivity contribution in [3.05, 3.63) is 56.6 Å². The molecule has 0 heterocycles. The van der Waals surface area contributed by atoms with Crippen LogP contribution >= 0.6 is 23.2 Å². The Morgan fingerprint density at radius 1 is 1.00 bits per heavy atom. The standard InChI is InChI=1S/C13H9Cl2NO4/c1-19-10-6-7-11(13(15)12(10)14)20-9-4-2-8(3-5-9)16(17)18/h2-7H,1H3. The Hall–Kier alpha value is -1.98. The summed E-state index contributed by atoms with van der Waals surface area (Å²) >= 11 is 12.1. The highest BCUT2D eigenvalue weighted by Gasteiger charge is 2.13. The van der Waals surface area contributed by atoms with Gasteiger partial charge in [0.25, 0.3) is 5.69 Å². The molecule has 0 fully saturated rings. The van der Waals surface area contributed by atoms with E-state index in [1.54, 1.807) is 12.1 Å². The van der Waals surface area contributed by atoms with Gasteiger partial charge in [-0.3, -0.25) is 10.1 Å². The van der Waals surface area contributed by atoms with Crippen molar-refractivity contribution in [2.45, 2.75) is 0 Å². The number of ether oxygens (including phenoxy) is 2. The van der Waals surface area contributed by atoms with E-state index in [2.05, 4.69) is 0 Å². The minimum absolute atomic E-state index is 0.0174. The molecule has 0 saturated carbocycles. The Balaban J connectivity index is 2.26. The first-order valence-electron chi connectivity index (χ1n) is 5.47. The zero-order valence-electron chi connectivity index (χ0n) is 10.3. The number of non-ortho nitro benzene ring substituents is 1. The van der Waals surface area contributed by atoms with E-state index in [0.29, 0.717) is 17.2 Å². The molecule has 0 aromatic heterocycles. The van der Waals surface area contributed by atoms with Crippen LogP contribution in [0.15, 0.2) is 36.4 Å². The van der Waals surface area contributed by atoms with Gasteiger partial charge in [0.05, 0.1) is 12.0 Å². The van der Waals surface area contributed by atoms with Crippen LogP contribution < -0.4 is 9.47 Å². The highest BCUT2D eigenvalue weighted by Crippen LogP contribution is 2.40. The van der Waals surface area contributed by atoms with Crippen LogP contribution in [0.1, 0.15) is 0 Å². The molecule has 0 unspecified atom stereocenters. The van der Waals surface area contributed by atoms with E-state index in [1.165, 1.54) is 31.4 Å². The zero-order valence-corrected chi connectivity index (χ0v) is 11.8. The van der Waals surface area contributed by atoms with E-state index in [1.807, 2.05) is 0 Å². The van der Waals surface area contributed by atoms with E-state index >= 15 is 0 Å². The van der Waals surface area contributed by atoms with Gasteiger partial charge in [0.1, 0.15) is 27.3 Å². The third kappa shape index (κ3) is 2.95. The monoisotopic (exact) mass is 313 g/mol. The van der Waals surface area contributed by atoms with Crippen LogP contribution in [0.3, 0.4) is 0 Å². The smallest absolute Gasteiger partial charge is 0.269 e. The van der Waals surface area contributed by atoms with Crippen LogP contribution in [0.25, 0.3) is 0 Å². The molecule has 0 N–H and O–H groups in total. The fourth-order valence-electron chi connectivity index (χ4n) is 1.51.